The Bertz CT molecular complexity index is 447. The second-order valence-electron chi connectivity index (χ2n) is 3.36. The molecule has 0 atom stereocenters. The molecule has 1 N–H and O–H groups in total. The number of carbonyl (C=O) groups is 1. The Morgan fingerprint density at radius 2 is 2.11 bits per heavy atom. The lowest BCUT2D eigenvalue weighted by molar-refractivity contribution is -0.132. The van der Waals surface area contributed by atoms with Crippen molar-refractivity contribution in [3.8, 4) is 0 Å². The van der Waals surface area contributed by atoms with Gasteiger partial charge in [0.2, 0.25) is 0 Å². The third-order valence-corrected chi connectivity index (χ3v) is 3.28. The number of hydrazone groups is 1. The lowest BCUT2D eigenvalue weighted by Gasteiger charge is -2.04. The first-order valence-electron chi connectivity index (χ1n) is 5.22. The predicted molar refractivity (Wildman–Crippen MR) is 78.6 cm³/mol. The van der Waals surface area contributed by atoms with Crippen molar-refractivity contribution in [3.63, 3.8) is 0 Å². The van der Waals surface area contributed by atoms with Gasteiger partial charge < -0.3 is 4.74 Å². The maximum Gasteiger partial charge on any atom is 0.353 e. The summed E-state index contributed by atoms with van der Waals surface area (Å²) in [5.74, 6) is 0.290. The van der Waals surface area contributed by atoms with E-state index in [0.717, 1.165) is 5.75 Å². The van der Waals surface area contributed by atoms with Gasteiger partial charge in [-0.25, -0.2) is 4.79 Å². The highest BCUT2D eigenvalue weighted by atomic mass is 32.2. The van der Waals surface area contributed by atoms with E-state index in [1.54, 1.807) is 6.92 Å². The van der Waals surface area contributed by atoms with Crippen molar-refractivity contribution in [2.75, 3.05) is 7.11 Å². The van der Waals surface area contributed by atoms with Crippen molar-refractivity contribution in [3.05, 3.63) is 35.9 Å². The van der Waals surface area contributed by atoms with Crippen LogP contribution in [0.3, 0.4) is 0 Å². The molecule has 1 aromatic rings. The Hall–Kier alpha value is -1.40. The summed E-state index contributed by atoms with van der Waals surface area (Å²) in [7, 11) is 1.31. The minimum absolute atomic E-state index is 0.236. The fraction of sp³-hybridized carbons (Fsp3) is 0.250. The fourth-order valence-corrected chi connectivity index (χ4v) is 1.90. The second kappa shape index (κ2) is 7.84. The minimum Gasteiger partial charge on any atom is -0.464 e. The van der Waals surface area contributed by atoms with Crippen molar-refractivity contribution in [2.24, 2.45) is 5.10 Å². The summed E-state index contributed by atoms with van der Waals surface area (Å²) in [5, 5.41) is 3.84. The molecular weight excluding hydrogens is 268 g/mol. The summed E-state index contributed by atoms with van der Waals surface area (Å²) < 4.78 is 5.03. The van der Waals surface area contributed by atoms with E-state index in [2.05, 4.69) is 15.3 Å². The van der Waals surface area contributed by atoms with Gasteiger partial charge in [0.25, 0.3) is 0 Å². The number of ether oxygens (including phenoxy) is 1. The van der Waals surface area contributed by atoms with Gasteiger partial charge in [0, 0.05) is 5.75 Å². The number of hydrogen-bond donors (Lipinski definition) is 1. The van der Waals surface area contributed by atoms with E-state index in [-0.39, 0.29) is 5.71 Å². The zero-order chi connectivity index (χ0) is 13.4. The number of thioether (sulfide) groups is 1. The van der Waals surface area contributed by atoms with E-state index >= 15 is 0 Å². The second-order valence-corrected chi connectivity index (χ2v) is 5.01. The maximum absolute atomic E-state index is 11.1. The Kier molecular flexibility index (Phi) is 6.38. The predicted octanol–water partition coefficient (Wildman–Crippen LogP) is 2.34. The highest BCUT2D eigenvalue weighted by Gasteiger charge is 2.05. The molecular formula is C12H14N2O2S2. The van der Waals surface area contributed by atoms with Crippen LogP contribution < -0.4 is 5.43 Å². The summed E-state index contributed by atoms with van der Waals surface area (Å²) in [6, 6.07) is 9.98. The molecule has 0 aliphatic heterocycles. The molecule has 0 saturated carbocycles. The van der Waals surface area contributed by atoms with E-state index in [9.17, 15) is 4.79 Å². The van der Waals surface area contributed by atoms with Crippen LogP contribution in [-0.2, 0) is 15.3 Å². The van der Waals surface area contributed by atoms with E-state index in [1.165, 1.54) is 24.4 Å². The summed E-state index contributed by atoms with van der Waals surface area (Å²) in [5.41, 5.74) is 4.07. The quantitative estimate of drug-likeness (QED) is 0.397. The van der Waals surface area contributed by atoms with Crippen LogP contribution in [0.5, 0.6) is 0 Å². The smallest absolute Gasteiger partial charge is 0.353 e. The average Bonchev–Trinajstić information content (AvgIpc) is 2.42. The van der Waals surface area contributed by atoms with Gasteiger partial charge in [-0.15, -0.1) is 0 Å². The van der Waals surface area contributed by atoms with Crippen molar-refractivity contribution in [1.29, 1.82) is 0 Å². The molecule has 1 aromatic carbocycles. The molecule has 6 heteroatoms. The van der Waals surface area contributed by atoms with Crippen molar-refractivity contribution >= 4 is 40.0 Å². The number of hydrogen-bond acceptors (Lipinski definition) is 5. The van der Waals surface area contributed by atoms with Gasteiger partial charge >= 0.3 is 5.97 Å². The monoisotopic (exact) mass is 282 g/mol. The Morgan fingerprint density at radius 1 is 1.44 bits per heavy atom. The van der Waals surface area contributed by atoms with Crippen LogP contribution in [-0.4, -0.2) is 23.1 Å². The molecule has 0 aromatic heterocycles. The number of carbonyl (C=O) groups excluding carboxylic acids is 1. The normalized spacial score (nSPS) is 10.9. The summed E-state index contributed by atoms with van der Waals surface area (Å²) in [6.45, 7) is 1.56. The lowest BCUT2D eigenvalue weighted by atomic mass is 10.2. The third kappa shape index (κ3) is 5.29. The van der Waals surface area contributed by atoms with Crippen molar-refractivity contribution < 1.29 is 9.53 Å². The SMILES string of the molecule is COC(=O)/C(C)=N/NC(=S)SCc1ccccc1. The number of benzene rings is 1. The molecule has 1 rings (SSSR count). The van der Waals surface area contributed by atoms with Gasteiger partial charge in [-0.05, 0) is 12.5 Å². The summed E-state index contributed by atoms with van der Waals surface area (Å²) in [6.07, 6.45) is 0. The molecule has 4 nitrogen and oxygen atoms in total. The molecule has 96 valence electrons. The Balaban J connectivity index is 2.37. The first kappa shape index (κ1) is 14.7. The Morgan fingerprint density at radius 3 is 2.72 bits per heavy atom. The van der Waals surface area contributed by atoms with E-state index in [1.807, 2.05) is 30.3 Å². The molecule has 0 fully saturated rings. The first-order valence-corrected chi connectivity index (χ1v) is 6.62. The molecule has 18 heavy (non-hydrogen) atoms. The molecule has 0 spiro atoms. The average molecular weight is 282 g/mol. The standard InChI is InChI=1S/C12H14N2O2S2/c1-9(11(15)16-2)13-14-12(17)18-8-10-6-4-3-5-7-10/h3-7H,8H2,1-2H3,(H,14,17)/b13-9+. The van der Waals surface area contributed by atoms with Gasteiger partial charge in [-0.2, -0.15) is 5.10 Å². The highest BCUT2D eigenvalue weighted by Crippen LogP contribution is 2.12. The molecule has 0 amide bonds. The van der Waals surface area contributed by atoms with Crippen LogP contribution in [0, 0.1) is 0 Å². The third-order valence-electron chi connectivity index (χ3n) is 2.01. The summed E-state index contributed by atoms with van der Waals surface area (Å²) >= 11 is 6.54. The van der Waals surface area contributed by atoms with Gasteiger partial charge in [-0.3, -0.25) is 5.43 Å². The molecule has 0 radical (unpaired) electrons. The highest BCUT2D eigenvalue weighted by molar-refractivity contribution is 8.22. The van der Waals surface area contributed by atoms with Crippen LogP contribution >= 0.6 is 24.0 Å². The van der Waals surface area contributed by atoms with Crippen LogP contribution in [0.1, 0.15) is 12.5 Å². The lowest BCUT2D eigenvalue weighted by Crippen LogP contribution is -2.19. The maximum atomic E-state index is 11.1. The van der Waals surface area contributed by atoms with Crippen molar-refractivity contribution in [2.45, 2.75) is 12.7 Å². The number of esters is 1. The first-order chi connectivity index (χ1) is 8.63. The molecule has 0 aliphatic carbocycles. The van der Waals surface area contributed by atoms with Gasteiger partial charge in [0.15, 0.2) is 4.32 Å². The topological polar surface area (TPSA) is 50.7 Å². The largest absolute Gasteiger partial charge is 0.464 e. The van der Waals surface area contributed by atoms with Crippen molar-refractivity contribution in [1.82, 2.24) is 5.43 Å². The summed E-state index contributed by atoms with van der Waals surface area (Å²) in [4.78, 5) is 11.1. The molecule has 0 aliphatic rings. The van der Waals surface area contributed by atoms with E-state index in [4.69, 9.17) is 12.2 Å². The minimum atomic E-state index is -0.474. The van der Waals surface area contributed by atoms with Crippen LogP contribution in [0.4, 0.5) is 0 Å². The Labute approximate surface area is 116 Å². The van der Waals surface area contributed by atoms with Crippen LogP contribution in [0.2, 0.25) is 0 Å². The fourth-order valence-electron chi connectivity index (χ4n) is 1.08. The van der Waals surface area contributed by atoms with Crippen LogP contribution in [0.25, 0.3) is 0 Å². The molecule has 0 saturated heterocycles. The zero-order valence-corrected chi connectivity index (χ0v) is 11.8. The number of nitrogens with one attached hydrogen (secondary N) is 1. The van der Waals surface area contributed by atoms with Crippen LogP contribution in [0.15, 0.2) is 35.4 Å². The zero-order valence-electron chi connectivity index (χ0n) is 10.2. The molecule has 0 unspecified atom stereocenters. The van der Waals surface area contributed by atoms with E-state index in [0.29, 0.717) is 4.32 Å². The van der Waals surface area contributed by atoms with Gasteiger partial charge in [0.1, 0.15) is 5.71 Å². The number of nitrogens with zero attached hydrogens (tertiary/aromatic N) is 1. The number of thiocarbonyl (C=S) groups is 1. The van der Waals surface area contributed by atoms with E-state index < -0.39 is 5.97 Å². The van der Waals surface area contributed by atoms with Gasteiger partial charge in [0.05, 0.1) is 7.11 Å². The number of rotatable bonds is 4. The molecule has 0 bridgehead atoms. The van der Waals surface area contributed by atoms with Gasteiger partial charge in [-0.1, -0.05) is 54.3 Å². The molecule has 0 heterocycles. The number of methoxy groups -OCH3 is 1.